The Morgan fingerprint density at radius 2 is 1.80 bits per heavy atom. The molecule has 0 aromatic heterocycles. The van der Waals surface area contributed by atoms with Crippen LogP contribution in [-0.4, -0.2) is 35.6 Å². The second-order valence-corrected chi connectivity index (χ2v) is 7.16. The monoisotopic (exact) mass is 422 g/mol. The first kappa shape index (κ1) is 20.0. The minimum atomic E-state index is -5.32. The lowest BCUT2D eigenvalue weighted by atomic mass is 9.77. The van der Waals surface area contributed by atoms with Crippen molar-refractivity contribution in [2.45, 2.75) is 24.9 Å². The Kier molecular flexibility index (Phi) is 4.61. The van der Waals surface area contributed by atoms with E-state index in [2.05, 4.69) is 5.32 Å². The largest absolute Gasteiger partial charge is 0.454 e. The van der Waals surface area contributed by atoms with Crippen LogP contribution < -0.4 is 20.1 Å². The molecule has 3 unspecified atom stereocenters. The Bertz CT molecular complexity index is 1010. The molecule has 2 aromatic rings. The molecule has 158 valence electrons. The van der Waals surface area contributed by atoms with Gasteiger partial charge in [0.25, 0.3) is 0 Å². The van der Waals surface area contributed by atoms with Crippen LogP contribution in [0.1, 0.15) is 27.5 Å². The number of halogens is 3. The number of ketones is 1. The SMILES string of the molecule is Cc1ccc(C(=O)C2C(c3ccc4c(c3)OCO4)NC(=O)NC2(O)C(F)(F)F)cc1. The second-order valence-electron chi connectivity index (χ2n) is 7.16. The number of carbonyl (C=O) groups is 2. The molecule has 0 aliphatic carbocycles. The highest BCUT2D eigenvalue weighted by Crippen LogP contribution is 2.45. The summed E-state index contributed by atoms with van der Waals surface area (Å²) in [5, 5.41) is 14.4. The van der Waals surface area contributed by atoms with Crippen molar-refractivity contribution in [2.24, 2.45) is 5.92 Å². The maximum absolute atomic E-state index is 13.9. The van der Waals surface area contributed by atoms with Crippen molar-refractivity contribution in [2.75, 3.05) is 6.79 Å². The van der Waals surface area contributed by atoms with Crippen LogP contribution in [0.4, 0.5) is 18.0 Å². The predicted octanol–water partition coefficient (Wildman–Crippen LogP) is 2.83. The maximum atomic E-state index is 13.9. The van der Waals surface area contributed by atoms with Gasteiger partial charge in [0, 0.05) is 5.56 Å². The highest BCUT2D eigenvalue weighted by atomic mass is 19.4. The van der Waals surface area contributed by atoms with E-state index in [-0.39, 0.29) is 23.7 Å². The summed E-state index contributed by atoms with van der Waals surface area (Å²) in [6.45, 7) is 1.70. The minimum Gasteiger partial charge on any atom is -0.454 e. The Hall–Kier alpha value is -3.27. The number of nitrogens with one attached hydrogen (secondary N) is 2. The van der Waals surface area contributed by atoms with Crippen molar-refractivity contribution in [3.8, 4) is 11.5 Å². The van der Waals surface area contributed by atoms with Gasteiger partial charge in [-0.3, -0.25) is 4.79 Å². The van der Waals surface area contributed by atoms with Gasteiger partial charge in [0.15, 0.2) is 17.3 Å². The number of hydrogen-bond acceptors (Lipinski definition) is 5. The summed E-state index contributed by atoms with van der Waals surface area (Å²) < 4.78 is 52.2. The number of aryl methyl sites for hydroxylation is 1. The molecule has 1 saturated heterocycles. The summed E-state index contributed by atoms with van der Waals surface area (Å²) in [6.07, 6.45) is -5.32. The number of Topliss-reactive ketones (excluding diaryl/α,β-unsaturated/α-hetero) is 1. The van der Waals surface area contributed by atoms with Gasteiger partial charge in [0.05, 0.1) is 6.04 Å². The molecule has 0 spiro atoms. The Balaban J connectivity index is 1.84. The highest BCUT2D eigenvalue weighted by molar-refractivity contribution is 6.00. The number of benzene rings is 2. The number of carbonyl (C=O) groups excluding carboxylic acids is 2. The molecule has 0 saturated carbocycles. The van der Waals surface area contributed by atoms with Gasteiger partial charge in [0.2, 0.25) is 12.5 Å². The van der Waals surface area contributed by atoms with Crippen molar-refractivity contribution in [3.63, 3.8) is 0 Å². The fraction of sp³-hybridized carbons (Fsp3) is 0.300. The number of urea groups is 1. The summed E-state index contributed by atoms with van der Waals surface area (Å²) >= 11 is 0. The smallest absolute Gasteiger partial charge is 0.437 e. The summed E-state index contributed by atoms with van der Waals surface area (Å²) in [5.41, 5.74) is -2.85. The van der Waals surface area contributed by atoms with Gasteiger partial charge >= 0.3 is 12.2 Å². The van der Waals surface area contributed by atoms with E-state index >= 15 is 0 Å². The molecule has 1 fully saturated rings. The van der Waals surface area contributed by atoms with Crippen LogP contribution in [0.15, 0.2) is 42.5 Å². The number of hydrogen-bond donors (Lipinski definition) is 3. The Morgan fingerprint density at radius 3 is 2.47 bits per heavy atom. The van der Waals surface area contributed by atoms with Crippen LogP contribution in [0.25, 0.3) is 0 Å². The quantitative estimate of drug-likeness (QED) is 0.661. The third kappa shape index (κ3) is 3.22. The molecule has 3 N–H and O–H groups in total. The number of rotatable bonds is 3. The van der Waals surface area contributed by atoms with E-state index in [1.54, 1.807) is 19.1 Å². The van der Waals surface area contributed by atoms with E-state index < -0.39 is 35.7 Å². The fourth-order valence-electron chi connectivity index (χ4n) is 3.62. The molecule has 2 heterocycles. The minimum absolute atomic E-state index is 0.0306. The van der Waals surface area contributed by atoms with Gasteiger partial charge < -0.3 is 25.2 Å². The summed E-state index contributed by atoms with van der Waals surface area (Å²) in [4.78, 5) is 25.2. The molecule has 2 aromatic carbocycles. The number of alkyl halides is 3. The topological polar surface area (TPSA) is 96.9 Å². The van der Waals surface area contributed by atoms with Crippen molar-refractivity contribution >= 4 is 11.8 Å². The maximum Gasteiger partial charge on any atom is 0.437 e. The normalized spacial score (nSPS) is 25.4. The molecule has 2 aliphatic rings. The zero-order chi connectivity index (χ0) is 21.7. The molecule has 2 aliphatic heterocycles. The third-order valence-corrected chi connectivity index (χ3v) is 5.18. The Labute approximate surface area is 168 Å². The van der Waals surface area contributed by atoms with Gasteiger partial charge in [0.1, 0.15) is 5.92 Å². The van der Waals surface area contributed by atoms with Crippen LogP contribution in [0.2, 0.25) is 0 Å². The number of aliphatic hydroxyl groups is 1. The molecule has 10 heteroatoms. The molecular formula is C20H17F3N2O5. The molecule has 0 radical (unpaired) electrons. The molecule has 4 rings (SSSR count). The van der Waals surface area contributed by atoms with E-state index in [1.807, 2.05) is 0 Å². The highest BCUT2D eigenvalue weighted by Gasteiger charge is 2.66. The lowest BCUT2D eigenvalue weighted by molar-refractivity contribution is -0.287. The first-order valence-electron chi connectivity index (χ1n) is 8.98. The van der Waals surface area contributed by atoms with E-state index in [1.165, 1.54) is 35.6 Å². The van der Waals surface area contributed by atoms with Crippen LogP contribution in [0, 0.1) is 12.8 Å². The Morgan fingerprint density at radius 1 is 1.13 bits per heavy atom. The van der Waals surface area contributed by atoms with Crippen LogP contribution >= 0.6 is 0 Å². The zero-order valence-electron chi connectivity index (χ0n) is 15.6. The second kappa shape index (κ2) is 6.91. The van der Waals surface area contributed by atoms with Gasteiger partial charge in [-0.1, -0.05) is 35.9 Å². The van der Waals surface area contributed by atoms with Crippen molar-refractivity contribution in [1.29, 1.82) is 0 Å². The summed E-state index contributed by atoms with van der Waals surface area (Å²) in [6, 6.07) is 7.42. The molecular weight excluding hydrogens is 405 g/mol. The summed E-state index contributed by atoms with van der Waals surface area (Å²) in [5.74, 6) is -2.44. The average Bonchev–Trinajstić information content (AvgIpc) is 3.14. The van der Waals surface area contributed by atoms with Crippen LogP contribution in [0.5, 0.6) is 11.5 Å². The lowest BCUT2D eigenvalue weighted by Gasteiger charge is -2.45. The number of ether oxygens (including phenoxy) is 2. The lowest BCUT2D eigenvalue weighted by Crippen LogP contribution is -2.72. The van der Waals surface area contributed by atoms with Gasteiger partial charge in [-0.2, -0.15) is 13.2 Å². The van der Waals surface area contributed by atoms with Gasteiger partial charge in [-0.25, -0.2) is 4.79 Å². The molecule has 0 bridgehead atoms. The average molecular weight is 422 g/mol. The summed E-state index contributed by atoms with van der Waals surface area (Å²) in [7, 11) is 0. The molecule has 7 nitrogen and oxygen atoms in total. The van der Waals surface area contributed by atoms with E-state index in [9.17, 15) is 27.9 Å². The van der Waals surface area contributed by atoms with Gasteiger partial charge in [-0.05, 0) is 24.6 Å². The van der Waals surface area contributed by atoms with E-state index in [0.29, 0.717) is 5.75 Å². The first-order chi connectivity index (χ1) is 14.1. The van der Waals surface area contributed by atoms with Crippen molar-refractivity contribution in [1.82, 2.24) is 10.6 Å². The zero-order valence-corrected chi connectivity index (χ0v) is 15.6. The molecule has 30 heavy (non-hydrogen) atoms. The standard InChI is InChI=1S/C20H17F3N2O5/c1-10-2-4-11(5-3-10)17(26)15-16(12-6-7-13-14(8-12)30-9-29-13)24-18(27)25-19(15,28)20(21,22)23/h2-8,15-16,28H,9H2,1H3,(H2,24,25,27). The van der Waals surface area contributed by atoms with Crippen molar-refractivity contribution in [3.05, 3.63) is 59.2 Å². The number of fused-ring (bicyclic) bond motifs is 1. The van der Waals surface area contributed by atoms with Gasteiger partial charge in [-0.15, -0.1) is 0 Å². The van der Waals surface area contributed by atoms with Crippen LogP contribution in [-0.2, 0) is 0 Å². The molecule has 3 atom stereocenters. The van der Waals surface area contributed by atoms with Crippen LogP contribution in [0.3, 0.4) is 0 Å². The predicted molar refractivity (Wildman–Crippen MR) is 97.0 cm³/mol. The number of amides is 2. The first-order valence-corrected chi connectivity index (χ1v) is 8.98. The fourth-order valence-corrected chi connectivity index (χ4v) is 3.62. The molecule has 2 amide bonds. The third-order valence-electron chi connectivity index (χ3n) is 5.18. The van der Waals surface area contributed by atoms with Crippen molar-refractivity contribution < 1.29 is 37.3 Å². The van der Waals surface area contributed by atoms with E-state index in [4.69, 9.17) is 9.47 Å². The van der Waals surface area contributed by atoms with E-state index in [0.717, 1.165) is 5.56 Å².